The minimum Gasteiger partial charge on any atom is -0.455 e. The summed E-state index contributed by atoms with van der Waals surface area (Å²) < 4.78 is 5.65. The zero-order valence-electron chi connectivity index (χ0n) is 11.9. The minimum atomic E-state index is -0.507. The molecule has 0 aliphatic rings. The summed E-state index contributed by atoms with van der Waals surface area (Å²) in [5.74, 6) is 1.03. The molecular formula is C15H9Cl3N4O2. The number of rotatable bonds is 4. The molecule has 6 nitrogen and oxygen atoms in total. The van der Waals surface area contributed by atoms with Gasteiger partial charge in [-0.05, 0) is 24.3 Å². The third-order valence-electron chi connectivity index (χ3n) is 3.02. The molecule has 0 amide bonds. The Balaban J connectivity index is 1.78. The zero-order chi connectivity index (χ0) is 17.1. The molecule has 0 radical (unpaired) electrons. The van der Waals surface area contributed by atoms with Gasteiger partial charge < -0.3 is 4.42 Å². The van der Waals surface area contributed by atoms with Gasteiger partial charge in [-0.3, -0.25) is 10.2 Å². The molecule has 122 valence electrons. The molecule has 0 spiro atoms. The van der Waals surface area contributed by atoms with E-state index in [1.165, 1.54) is 12.4 Å². The van der Waals surface area contributed by atoms with Gasteiger partial charge in [-0.2, -0.15) is 10.2 Å². The van der Waals surface area contributed by atoms with Gasteiger partial charge in [0.1, 0.15) is 22.2 Å². The van der Waals surface area contributed by atoms with Gasteiger partial charge in [-0.25, -0.2) is 5.10 Å². The number of hydrogen-bond acceptors (Lipinski definition) is 5. The largest absolute Gasteiger partial charge is 0.455 e. The van der Waals surface area contributed by atoms with E-state index >= 15 is 0 Å². The summed E-state index contributed by atoms with van der Waals surface area (Å²) in [6.07, 6.45) is 2.78. The molecule has 3 aromatic rings. The van der Waals surface area contributed by atoms with Crippen molar-refractivity contribution in [2.75, 3.05) is 5.43 Å². The fourth-order valence-electron chi connectivity index (χ4n) is 1.89. The first kappa shape index (κ1) is 16.6. The molecule has 1 aromatic carbocycles. The first-order valence-electron chi connectivity index (χ1n) is 6.62. The lowest BCUT2D eigenvalue weighted by atomic mass is 10.2. The van der Waals surface area contributed by atoms with Crippen LogP contribution in [0.2, 0.25) is 15.1 Å². The standard InChI is InChI=1S/C15H9Cl3N4O2/c16-10-3-1-2-9(13(10)17)12-5-4-8(24-12)6-19-21-11-7-20-22-15(23)14(11)18/h1-7H,(H2,21,22,23)/b19-6-. The summed E-state index contributed by atoms with van der Waals surface area (Å²) in [5.41, 5.74) is 3.07. The smallest absolute Gasteiger partial charge is 0.285 e. The van der Waals surface area contributed by atoms with E-state index in [1.807, 2.05) is 0 Å². The average Bonchev–Trinajstić information content (AvgIpc) is 3.03. The molecular weight excluding hydrogens is 375 g/mol. The Bertz CT molecular complexity index is 965. The van der Waals surface area contributed by atoms with Crippen molar-refractivity contribution in [3.05, 3.63) is 67.7 Å². The van der Waals surface area contributed by atoms with E-state index in [1.54, 1.807) is 30.3 Å². The third-order valence-corrected chi connectivity index (χ3v) is 4.21. The van der Waals surface area contributed by atoms with Crippen LogP contribution in [0.1, 0.15) is 5.76 Å². The monoisotopic (exact) mass is 382 g/mol. The van der Waals surface area contributed by atoms with Crippen molar-refractivity contribution in [1.82, 2.24) is 10.2 Å². The van der Waals surface area contributed by atoms with Crippen molar-refractivity contribution >= 4 is 46.7 Å². The molecule has 0 unspecified atom stereocenters. The molecule has 0 saturated heterocycles. The predicted molar refractivity (Wildman–Crippen MR) is 95.2 cm³/mol. The van der Waals surface area contributed by atoms with E-state index < -0.39 is 5.56 Å². The molecule has 9 heteroatoms. The van der Waals surface area contributed by atoms with Crippen molar-refractivity contribution in [1.29, 1.82) is 0 Å². The van der Waals surface area contributed by atoms with Crippen LogP contribution >= 0.6 is 34.8 Å². The summed E-state index contributed by atoms with van der Waals surface area (Å²) in [6.45, 7) is 0. The fraction of sp³-hybridized carbons (Fsp3) is 0. The maximum atomic E-state index is 11.3. The van der Waals surface area contributed by atoms with Gasteiger partial charge in [-0.15, -0.1) is 0 Å². The molecule has 0 saturated carbocycles. The quantitative estimate of drug-likeness (QED) is 0.515. The van der Waals surface area contributed by atoms with Gasteiger partial charge in [-0.1, -0.05) is 40.9 Å². The second-order valence-electron chi connectivity index (χ2n) is 4.60. The molecule has 0 fully saturated rings. The normalized spacial score (nSPS) is 11.1. The number of hydrazone groups is 1. The van der Waals surface area contributed by atoms with Crippen molar-refractivity contribution in [3.8, 4) is 11.3 Å². The van der Waals surface area contributed by atoms with E-state index in [-0.39, 0.29) is 10.7 Å². The molecule has 2 aromatic heterocycles. The fourth-order valence-corrected chi connectivity index (χ4v) is 2.41. The Kier molecular flexibility index (Phi) is 4.89. The summed E-state index contributed by atoms with van der Waals surface area (Å²) in [5, 5.41) is 10.6. The number of hydrogen-bond donors (Lipinski definition) is 2. The van der Waals surface area contributed by atoms with E-state index in [0.29, 0.717) is 27.1 Å². The number of aromatic nitrogens is 2. The first-order chi connectivity index (χ1) is 11.6. The summed E-state index contributed by atoms with van der Waals surface area (Å²) in [4.78, 5) is 11.3. The topological polar surface area (TPSA) is 83.3 Å². The maximum Gasteiger partial charge on any atom is 0.285 e. The van der Waals surface area contributed by atoms with Crippen LogP contribution in [0.4, 0.5) is 5.69 Å². The molecule has 0 aliphatic heterocycles. The van der Waals surface area contributed by atoms with E-state index in [9.17, 15) is 4.79 Å². The van der Waals surface area contributed by atoms with Crippen LogP contribution < -0.4 is 11.0 Å². The number of furan rings is 1. The Morgan fingerprint density at radius 1 is 1.17 bits per heavy atom. The van der Waals surface area contributed by atoms with E-state index in [4.69, 9.17) is 39.2 Å². The van der Waals surface area contributed by atoms with Crippen LogP contribution in [0.15, 0.2) is 50.8 Å². The van der Waals surface area contributed by atoms with Gasteiger partial charge in [0.15, 0.2) is 0 Å². The van der Waals surface area contributed by atoms with Crippen LogP contribution in [0.5, 0.6) is 0 Å². The van der Waals surface area contributed by atoms with Gasteiger partial charge in [0.05, 0.1) is 22.5 Å². The SMILES string of the molecule is O=c1[nH]ncc(N/N=C\c2ccc(-c3cccc(Cl)c3Cl)o2)c1Cl. The highest BCUT2D eigenvalue weighted by molar-refractivity contribution is 6.43. The summed E-state index contributed by atoms with van der Waals surface area (Å²) >= 11 is 18.0. The predicted octanol–water partition coefficient (Wildman–Crippen LogP) is 4.44. The minimum absolute atomic E-state index is 0.0343. The average molecular weight is 384 g/mol. The molecule has 2 N–H and O–H groups in total. The van der Waals surface area contributed by atoms with E-state index in [0.717, 1.165) is 0 Å². The highest BCUT2D eigenvalue weighted by atomic mass is 35.5. The molecule has 0 bridgehead atoms. The van der Waals surface area contributed by atoms with Gasteiger partial charge >= 0.3 is 0 Å². The molecule has 2 heterocycles. The summed E-state index contributed by atoms with van der Waals surface area (Å²) in [6, 6.07) is 8.75. The van der Waals surface area contributed by atoms with Gasteiger partial charge in [0.25, 0.3) is 5.56 Å². The van der Waals surface area contributed by atoms with E-state index in [2.05, 4.69) is 20.7 Å². The van der Waals surface area contributed by atoms with Crippen molar-refractivity contribution in [2.45, 2.75) is 0 Å². The number of halogens is 3. The lowest BCUT2D eigenvalue weighted by Gasteiger charge is -2.02. The van der Waals surface area contributed by atoms with Crippen LogP contribution in [0.3, 0.4) is 0 Å². The Hall–Kier alpha value is -2.28. The molecule has 24 heavy (non-hydrogen) atoms. The van der Waals surface area contributed by atoms with Gasteiger partial charge in [0.2, 0.25) is 0 Å². The highest BCUT2D eigenvalue weighted by Crippen LogP contribution is 2.34. The van der Waals surface area contributed by atoms with Crippen LogP contribution in [0.25, 0.3) is 11.3 Å². The van der Waals surface area contributed by atoms with Crippen molar-refractivity contribution in [3.63, 3.8) is 0 Å². The summed E-state index contributed by atoms with van der Waals surface area (Å²) in [7, 11) is 0. The second kappa shape index (κ2) is 7.09. The lowest BCUT2D eigenvalue weighted by molar-refractivity contribution is 0.575. The maximum absolute atomic E-state index is 11.3. The first-order valence-corrected chi connectivity index (χ1v) is 7.76. The number of aromatic amines is 1. The number of benzene rings is 1. The van der Waals surface area contributed by atoms with Gasteiger partial charge in [0, 0.05) is 5.56 Å². The Labute approximate surface area is 151 Å². The second-order valence-corrected chi connectivity index (χ2v) is 5.76. The van der Waals surface area contributed by atoms with Crippen LogP contribution in [-0.4, -0.2) is 16.4 Å². The molecule has 0 aliphatic carbocycles. The van der Waals surface area contributed by atoms with Crippen LogP contribution in [-0.2, 0) is 0 Å². The van der Waals surface area contributed by atoms with Crippen LogP contribution in [0, 0.1) is 0 Å². The zero-order valence-corrected chi connectivity index (χ0v) is 14.2. The molecule has 3 rings (SSSR count). The van der Waals surface area contributed by atoms with Crippen molar-refractivity contribution < 1.29 is 4.42 Å². The lowest BCUT2D eigenvalue weighted by Crippen LogP contribution is -2.09. The number of nitrogens with zero attached hydrogens (tertiary/aromatic N) is 2. The number of H-pyrrole nitrogens is 1. The van der Waals surface area contributed by atoms with Crippen molar-refractivity contribution in [2.24, 2.45) is 5.10 Å². The Morgan fingerprint density at radius 2 is 2.00 bits per heavy atom. The highest BCUT2D eigenvalue weighted by Gasteiger charge is 2.10. The Morgan fingerprint density at radius 3 is 2.83 bits per heavy atom. The third kappa shape index (κ3) is 3.46. The molecule has 0 atom stereocenters. The number of anilines is 1. The number of nitrogens with one attached hydrogen (secondary N) is 2.